The van der Waals surface area contributed by atoms with Gasteiger partial charge in [-0.15, -0.1) is 0 Å². The van der Waals surface area contributed by atoms with Crippen LogP contribution in [-0.4, -0.2) is 11.2 Å². The summed E-state index contributed by atoms with van der Waals surface area (Å²) in [5.41, 5.74) is -0.965. The number of amides is 1. The summed E-state index contributed by atoms with van der Waals surface area (Å²) in [6.45, 7) is 0. The number of alkyl halides is 3. The number of phenolic OH excluding ortho intramolecular Hbond substituents is 1. The van der Waals surface area contributed by atoms with Crippen molar-refractivity contribution in [1.29, 1.82) is 0 Å². The number of rotatable bonds is 2. The van der Waals surface area contributed by atoms with Crippen molar-refractivity contribution in [2.45, 2.75) is 6.18 Å². The molecule has 0 radical (unpaired) electrons. The molecule has 4 nitrogen and oxygen atoms in total. The van der Waals surface area contributed by atoms with Gasteiger partial charge in [0.2, 0.25) is 0 Å². The zero-order valence-corrected chi connectivity index (χ0v) is 11.6. The van der Waals surface area contributed by atoms with E-state index in [9.17, 15) is 23.1 Å². The van der Waals surface area contributed by atoms with Crippen LogP contribution in [0.1, 0.15) is 5.56 Å². The van der Waals surface area contributed by atoms with E-state index in [1.165, 1.54) is 24.3 Å². The average molecular weight is 332 g/mol. The van der Waals surface area contributed by atoms with E-state index in [2.05, 4.69) is 5.32 Å². The molecular weight excluding hydrogens is 323 g/mol. The number of carbonyl (C=O) groups is 1. The Bertz CT molecular complexity index is 704. The van der Waals surface area contributed by atoms with E-state index in [-0.39, 0.29) is 22.2 Å². The lowest BCUT2D eigenvalue weighted by Crippen LogP contribution is -2.17. The number of hydrogen-bond acceptors (Lipinski definition) is 3. The number of benzene rings is 2. The van der Waals surface area contributed by atoms with Gasteiger partial charge in [-0.1, -0.05) is 17.7 Å². The summed E-state index contributed by atoms with van der Waals surface area (Å²) < 4.78 is 42.4. The van der Waals surface area contributed by atoms with E-state index < -0.39 is 17.8 Å². The van der Waals surface area contributed by atoms with Gasteiger partial charge >= 0.3 is 12.3 Å². The molecule has 0 fully saturated rings. The first-order valence-electron chi connectivity index (χ1n) is 5.90. The number of carbonyl (C=O) groups excluding carboxylic acids is 1. The number of phenols is 1. The Morgan fingerprint density at radius 1 is 1.18 bits per heavy atom. The van der Waals surface area contributed by atoms with Gasteiger partial charge < -0.3 is 9.84 Å². The Morgan fingerprint density at radius 2 is 1.91 bits per heavy atom. The zero-order chi connectivity index (χ0) is 16.3. The van der Waals surface area contributed by atoms with Gasteiger partial charge in [0.1, 0.15) is 11.5 Å². The monoisotopic (exact) mass is 331 g/mol. The molecule has 22 heavy (non-hydrogen) atoms. The van der Waals surface area contributed by atoms with E-state index in [0.29, 0.717) is 6.07 Å². The lowest BCUT2D eigenvalue weighted by atomic mass is 10.2. The van der Waals surface area contributed by atoms with Crippen LogP contribution in [0.15, 0.2) is 42.5 Å². The Kier molecular flexibility index (Phi) is 4.46. The van der Waals surface area contributed by atoms with Gasteiger partial charge in [0.05, 0.1) is 11.3 Å². The molecule has 0 spiro atoms. The van der Waals surface area contributed by atoms with Crippen molar-refractivity contribution >= 4 is 23.4 Å². The number of anilines is 1. The SMILES string of the molecule is O=C(Nc1cc(Cl)ccc1O)Oc1cccc(C(F)(F)F)c1. The second-order valence-electron chi connectivity index (χ2n) is 4.20. The first-order valence-corrected chi connectivity index (χ1v) is 6.28. The molecule has 0 saturated carbocycles. The van der Waals surface area contributed by atoms with Crippen LogP contribution in [0.3, 0.4) is 0 Å². The summed E-state index contributed by atoms with van der Waals surface area (Å²) in [5.74, 6) is -0.542. The molecule has 2 rings (SSSR count). The maximum absolute atomic E-state index is 12.5. The van der Waals surface area contributed by atoms with E-state index in [1.807, 2.05) is 0 Å². The van der Waals surface area contributed by atoms with Crippen molar-refractivity contribution in [3.05, 3.63) is 53.1 Å². The van der Waals surface area contributed by atoms with Crippen molar-refractivity contribution in [3.63, 3.8) is 0 Å². The smallest absolute Gasteiger partial charge is 0.417 e. The third-order valence-electron chi connectivity index (χ3n) is 2.57. The molecule has 2 aromatic rings. The first kappa shape index (κ1) is 16.0. The number of halogens is 4. The molecule has 0 saturated heterocycles. The highest BCUT2D eigenvalue weighted by atomic mass is 35.5. The normalized spacial score (nSPS) is 11.1. The fraction of sp³-hybridized carbons (Fsp3) is 0.0714. The lowest BCUT2D eigenvalue weighted by molar-refractivity contribution is -0.137. The van der Waals surface area contributed by atoms with Crippen LogP contribution in [0.5, 0.6) is 11.5 Å². The lowest BCUT2D eigenvalue weighted by Gasteiger charge is -2.10. The van der Waals surface area contributed by atoms with Crippen molar-refractivity contribution in [1.82, 2.24) is 0 Å². The second kappa shape index (κ2) is 6.15. The number of hydrogen-bond donors (Lipinski definition) is 2. The van der Waals surface area contributed by atoms with Crippen molar-refractivity contribution in [2.75, 3.05) is 5.32 Å². The minimum Gasteiger partial charge on any atom is -0.506 e. The predicted molar refractivity (Wildman–Crippen MR) is 74.2 cm³/mol. The fourth-order valence-corrected chi connectivity index (χ4v) is 1.76. The second-order valence-corrected chi connectivity index (χ2v) is 4.64. The number of nitrogens with one attached hydrogen (secondary N) is 1. The molecule has 0 aromatic heterocycles. The molecule has 0 aliphatic carbocycles. The summed E-state index contributed by atoms with van der Waals surface area (Å²) in [5, 5.41) is 12.0. The van der Waals surface area contributed by atoms with Gasteiger partial charge in [-0.25, -0.2) is 4.79 Å². The van der Waals surface area contributed by atoms with Crippen LogP contribution in [0.2, 0.25) is 5.02 Å². The van der Waals surface area contributed by atoms with Crippen molar-refractivity contribution in [2.24, 2.45) is 0 Å². The first-order chi connectivity index (χ1) is 10.3. The van der Waals surface area contributed by atoms with Gasteiger partial charge in [-0.05, 0) is 36.4 Å². The van der Waals surface area contributed by atoms with Crippen molar-refractivity contribution in [3.8, 4) is 11.5 Å². The zero-order valence-electron chi connectivity index (χ0n) is 10.8. The van der Waals surface area contributed by atoms with Gasteiger partial charge in [-0.2, -0.15) is 13.2 Å². The van der Waals surface area contributed by atoms with Crippen molar-refractivity contribution < 1.29 is 27.8 Å². The Balaban J connectivity index is 2.11. The van der Waals surface area contributed by atoms with E-state index >= 15 is 0 Å². The van der Waals surface area contributed by atoms with Gasteiger partial charge in [-0.3, -0.25) is 5.32 Å². The summed E-state index contributed by atoms with van der Waals surface area (Å²) in [7, 11) is 0. The van der Waals surface area contributed by atoms with Crippen LogP contribution in [0.25, 0.3) is 0 Å². The van der Waals surface area contributed by atoms with Gasteiger partial charge in [0.25, 0.3) is 0 Å². The minimum absolute atomic E-state index is 0.0236. The summed E-state index contributed by atoms with van der Waals surface area (Å²) >= 11 is 5.70. The Morgan fingerprint density at radius 3 is 2.59 bits per heavy atom. The Hall–Kier alpha value is -2.41. The molecule has 0 aliphatic heterocycles. The van der Waals surface area contributed by atoms with Crippen LogP contribution >= 0.6 is 11.6 Å². The highest BCUT2D eigenvalue weighted by molar-refractivity contribution is 6.31. The highest BCUT2D eigenvalue weighted by Gasteiger charge is 2.30. The third kappa shape index (κ3) is 4.05. The highest BCUT2D eigenvalue weighted by Crippen LogP contribution is 2.31. The largest absolute Gasteiger partial charge is 0.506 e. The van der Waals surface area contributed by atoms with Crippen LogP contribution in [-0.2, 0) is 6.18 Å². The molecule has 1 amide bonds. The van der Waals surface area contributed by atoms with E-state index in [1.54, 1.807) is 0 Å². The van der Waals surface area contributed by atoms with Crippen LogP contribution in [0, 0.1) is 0 Å². The summed E-state index contributed by atoms with van der Waals surface area (Å²) in [6.07, 6.45) is -5.60. The molecule has 8 heteroatoms. The van der Waals surface area contributed by atoms with Crippen LogP contribution in [0.4, 0.5) is 23.7 Å². The predicted octanol–water partition coefficient (Wildman–Crippen LogP) is 4.68. The van der Waals surface area contributed by atoms with Gasteiger partial charge in [0.15, 0.2) is 0 Å². The van der Waals surface area contributed by atoms with E-state index in [4.69, 9.17) is 16.3 Å². The van der Waals surface area contributed by atoms with Gasteiger partial charge in [0, 0.05) is 5.02 Å². The van der Waals surface area contributed by atoms with Crippen LogP contribution < -0.4 is 10.1 Å². The average Bonchev–Trinajstić information content (AvgIpc) is 2.42. The molecule has 0 heterocycles. The quantitative estimate of drug-likeness (QED) is 0.786. The maximum Gasteiger partial charge on any atom is 0.417 e. The number of ether oxygens (including phenoxy) is 1. The summed E-state index contributed by atoms with van der Waals surface area (Å²) in [6, 6.07) is 7.78. The molecule has 116 valence electrons. The molecule has 0 aliphatic rings. The Labute approximate surface area is 128 Å². The fourth-order valence-electron chi connectivity index (χ4n) is 1.59. The topological polar surface area (TPSA) is 58.6 Å². The molecule has 0 unspecified atom stereocenters. The molecule has 0 bridgehead atoms. The molecule has 2 aromatic carbocycles. The molecular formula is C14H9ClF3NO3. The minimum atomic E-state index is -4.54. The number of aromatic hydroxyl groups is 1. The molecule has 2 N–H and O–H groups in total. The maximum atomic E-state index is 12.5. The third-order valence-corrected chi connectivity index (χ3v) is 2.80. The summed E-state index contributed by atoms with van der Waals surface area (Å²) in [4.78, 5) is 11.6. The molecule has 0 atom stereocenters. The standard InChI is InChI=1S/C14H9ClF3NO3/c15-9-4-5-12(20)11(7-9)19-13(21)22-10-3-1-2-8(6-10)14(16,17)18/h1-7,20H,(H,19,21). The van der Waals surface area contributed by atoms with E-state index in [0.717, 1.165) is 12.1 Å².